The Morgan fingerprint density at radius 3 is 2.62 bits per heavy atom. The Labute approximate surface area is 216 Å². The molecule has 5 aromatic rings. The number of furan rings is 1. The van der Waals surface area contributed by atoms with Crippen LogP contribution in [-0.4, -0.2) is 17.5 Å². The minimum Gasteiger partial charge on any atom is -0.493 e. The van der Waals surface area contributed by atoms with Crippen molar-refractivity contribution in [2.45, 2.75) is 34.6 Å². The number of fused-ring (bicyclic) bond motifs is 2. The summed E-state index contributed by atoms with van der Waals surface area (Å²) < 4.78 is 11.9. The number of amides is 1. The van der Waals surface area contributed by atoms with E-state index in [1.54, 1.807) is 12.3 Å². The first kappa shape index (κ1) is 24.3. The number of aromatic nitrogens is 1. The van der Waals surface area contributed by atoms with Crippen LogP contribution in [0.3, 0.4) is 0 Å². The quantitative estimate of drug-likeness (QED) is 0.245. The number of pyridine rings is 1. The number of rotatable bonds is 6. The molecule has 0 atom stereocenters. The van der Waals surface area contributed by atoms with Gasteiger partial charge in [-0.3, -0.25) is 9.78 Å². The molecule has 1 N–H and O–H groups in total. The maximum atomic E-state index is 13.1. The Balaban J connectivity index is 1.53. The second-order valence-electron chi connectivity index (χ2n) is 9.39. The summed E-state index contributed by atoms with van der Waals surface area (Å²) in [5, 5.41) is 4.91. The van der Waals surface area contributed by atoms with Crippen molar-refractivity contribution >= 4 is 39.0 Å². The number of nitrogens with one attached hydrogen (secondary N) is 1. The van der Waals surface area contributed by atoms with Crippen molar-refractivity contribution in [1.29, 1.82) is 0 Å². The average molecular weight is 491 g/mol. The fraction of sp³-hybridized carbons (Fsp3) is 0.188. The molecule has 0 saturated heterocycles. The highest BCUT2D eigenvalue weighted by atomic mass is 16.5. The van der Waals surface area contributed by atoms with Crippen molar-refractivity contribution in [2.75, 3.05) is 11.9 Å². The molecule has 0 fully saturated rings. The number of hydrogen-bond donors (Lipinski definition) is 1. The Hall–Kier alpha value is -4.38. The number of nitrogens with zero attached hydrogens (tertiary/aromatic N) is 1. The summed E-state index contributed by atoms with van der Waals surface area (Å²) in [6.45, 7) is 10.5. The molecule has 3 aromatic carbocycles. The zero-order valence-corrected chi connectivity index (χ0v) is 21.8. The van der Waals surface area contributed by atoms with Crippen molar-refractivity contribution in [3.05, 3.63) is 95.4 Å². The lowest BCUT2D eigenvalue weighted by Gasteiger charge is -2.12. The molecule has 0 unspecified atom stereocenters. The van der Waals surface area contributed by atoms with Crippen molar-refractivity contribution in [3.63, 3.8) is 0 Å². The van der Waals surface area contributed by atoms with E-state index in [1.807, 2.05) is 57.2 Å². The second kappa shape index (κ2) is 9.94. The number of carbonyl (C=O) groups is 1. The summed E-state index contributed by atoms with van der Waals surface area (Å²) in [7, 11) is 0. The number of aryl methyl sites for hydroxylation is 3. The zero-order chi connectivity index (χ0) is 26.1. The molecule has 0 aliphatic rings. The van der Waals surface area contributed by atoms with E-state index in [4.69, 9.17) is 9.15 Å². The van der Waals surface area contributed by atoms with Crippen LogP contribution >= 0.6 is 0 Å². The maximum absolute atomic E-state index is 13.1. The van der Waals surface area contributed by atoms with Gasteiger partial charge in [0.25, 0.3) is 0 Å². The third-order valence-corrected chi connectivity index (χ3v) is 6.55. The summed E-state index contributed by atoms with van der Waals surface area (Å²) in [5.41, 5.74) is 9.46. The molecular formula is C32H30N2O3. The van der Waals surface area contributed by atoms with Crippen LogP contribution in [0.4, 0.5) is 5.69 Å². The summed E-state index contributed by atoms with van der Waals surface area (Å²) in [6, 6.07) is 20.0. The first-order valence-electron chi connectivity index (χ1n) is 12.5. The number of carbonyl (C=O) groups excluding carboxylic acids is 1. The zero-order valence-electron chi connectivity index (χ0n) is 21.8. The fourth-order valence-electron chi connectivity index (χ4n) is 4.77. The van der Waals surface area contributed by atoms with E-state index in [2.05, 4.69) is 48.4 Å². The van der Waals surface area contributed by atoms with Crippen LogP contribution in [0.2, 0.25) is 0 Å². The van der Waals surface area contributed by atoms with Crippen LogP contribution in [0.15, 0.2) is 77.4 Å². The predicted octanol–water partition coefficient (Wildman–Crippen LogP) is 8.01. The van der Waals surface area contributed by atoms with E-state index in [0.717, 1.165) is 55.5 Å². The molecule has 0 spiro atoms. The number of anilines is 1. The van der Waals surface area contributed by atoms with E-state index in [0.29, 0.717) is 12.4 Å². The summed E-state index contributed by atoms with van der Waals surface area (Å²) >= 11 is 0. The molecule has 1 amide bonds. The van der Waals surface area contributed by atoms with Crippen LogP contribution in [-0.2, 0) is 4.79 Å². The topological polar surface area (TPSA) is 64.4 Å². The molecule has 0 saturated carbocycles. The van der Waals surface area contributed by atoms with Gasteiger partial charge >= 0.3 is 0 Å². The van der Waals surface area contributed by atoms with Gasteiger partial charge < -0.3 is 14.5 Å². The number of benzene rings is 3. The minimum absolute atomic E-state index is 0.213. The van der Waals surface area contributed by atoms with Crippen LogP contribution in [0.25, 0.3) is 38.6 Å². The van der Waals surface area contributed by atoms with Gasteiger partial charge in [0, 0.05) is 39.7 Å². The molecule has 0 aliphatic heterocycles. The molecule has 5 heteroatoms. The van der Waals surface area contributed by atoms with Crippen LogP contribution in [0, 0.1) is 20.8 Å². The maximum Gasteiger partial charge on any atom is 0.248 e. The molecule has 186 valence electrons. The Morgan fingerprint density at radius 1 is 1.00 bits per heavy atom. The van der Waals surface area contributed by atoms with Crippen LogP contribution < -0.4 is 10.1 Å². The SMILES string of the molecule is CCOc1cc2occ(-c3ccc(C)cc3C)c2cc1/C(C)=C/C(=O)Nc1cccc2nc(C)ccc12. The molecule has 37 heavy (non-hydrogen) atoms. The molecule has 0 aliphatic carbocycles. The van der Waals surface area contributed by atoms with E-state index in [-0.39, 0.29) is 5.91 Å². The van der Waals surface area contributed by atoms with Gasteiger partial charge in [-0.15, -0.1) is 0 Å². The van der Waals surface area contributed by atoms with Crippen LogP contribution in [0.5, 0.6) is 5.75 Å². The summed E-state index contributed by atoms with van der Waals surface area (Å²) in [4.78, 5) is 17.6. The standard InChI is InChI=1S/C32H30N2O3/c1-6-36-30-17-31-26(27(18-37-31)23-12-10-19(2)14-20(23)3)16-25(30)21(4)15-32(35)34-29-9-7-8-28-24(29)13-11-22(5)33-28/h7-18H,6H2,1-5H3,(H,34,35)/b21-15+. The van der Waals surface area contributed by atoms with Crippen molar-refractivity contribution in [1.82, 2.24) is 4.98 Å². The van der Waals surface area contributed by atoms with Gasteiger partial charge in [0.05, 0.1) is 24.1 Å². The normalized spacial score (nSPS) is 11.8. The molecule has 2 aromatic heterocycles. The van der Waals surface area contributed by atoms with Gasteiger partial charge in [-0.05, 0) is 81.7 Å². The first-order valence-corrected chi connectivity index (χ1v) is 12.5. The summed E-state index contributed by atoms with van der Waals surface area (Å²) in [6.07, 6.45) is 3.41. The van der Waals surface area contributed by atoms with Gasteiger partial charge in [0.15, 0.2) is 0 Å². The van der Waals surface area contributed by atoms with E-state index < -0.39 is 0 Å². The summed E-state index contributed by atoms with van der Waals surface area (Å²) in [5.74, 6) is 0.470. The van der Waals surface area contributed by atoms with Gasteiger partial charge in [-0.1, -0.05) is 29.8 Å². The van der Waals surface area contributed by atoms with E-state index in [9.17, 15) is 4.79 Å². The van der Waals surface area contributed by atoms with Crippen molar-refractivity contribution in [2.24, 2.45) is 0 Å². The molecule has 0 radical (unpaired) electrons. The lowest BCUT2D eigenvalue weighted by molar-refractivity contribution is -0.111. The number of ether oxygens (including phenoxy) is 1. The molecule has 5 nitrogen and oxygen atoms in total. The Morgan fingerprint density at radius 2 is 1.84 bits per heavy atom. The number of allylic oxidation sites excluding steroid dienone is 1. The van der Waals surface area contributed by atoms with Gasteiger partial charge in [0.2, 0.25) is 5.91 Å². The molecule has 0 bridgehead atoms. The molecule has 2 heterocycles. The third kappa shape index (κ3) is 4.85. The van der Waals surface area contributed by atoms with Gasteiger partial charge in [-0.2, -0.15) is 0 Å². The predicted molar refractivity (Wildman–Crippen MR) is 151 cm³/mol. The third-order valence-electron chi connectivity index (χ3n) is 6.55. The molecular weight excluding hydrogens is 460 g/mol. The largest absolute Gasteiger partial charge is 0.493 e. The number of hydrogen-bond acceptors (Lipinski definition) is 4. The highest BCUT2D eigenvalue weighted by Gasteiger charge is 2.16. The smallest absolute Gasteiger partial charge is 0.248 e. The van der Waals surface area contributed by atoms with E-state index >= 15 is 0 Å². The second-order valence-corrected chi connectivity index (χ2v) is 9.39. The van der Waals surface area contributed by atoms with Crippen molar-refractivity contribution in [3.8, 4) is 16.9 Å². The highest BCUT2D eigenvalue weighted by Crippen LogP contribution is 2.38. The fourth-order valence-corrected chi connectivity index (χ4v) is 4.77. The molecule has 5 rings (SSSR count). The monoisotopic (exact) mass is 490 g/mol. The first-order chi connectivity index (χ1) is 17.8. The van der Waals surface area contributed by atoms with Crippen molar-refractivity contribution < 1.29 is 13.9 Å². The lowest BCUT2D eigenvalue weighted by atomic mass is 9.96. The Bertz CT molecular complexity index is 1680. The lowest BCUT2D eigenvalue weighted by Crippen LogP contribution is -2.09. The van der Waals surface area contributed by atoms with Gasteiger partial charge in [-0.25, -0.2) is 0 Å². The van der Waals surface area contributed by atoms with Gasteiger partial charge in [0.1, 0.15) is 11.3 Å². The van der Waals surface area contributed by atoms with Crippen LogP contribution in [0.1, 0.15) is 36.2 Å². The minimum atomic E-state index is -0.213. The highest BCUT2D eigenvalue weighted by molar-refractivity contribution is 6.09. The van der Waals surface area contributed by atoms with E-state index in [1.165, 1.54) is 11.1 Å². The Kier molecular flexibility index (Phi) is 6.53. The average Bonchev–Trinajstić information content (AvgIpc) is 3.26.